The van der Waals surface area contributed by atoms with Crippen molar-refractivity contribution in [2.24, 2.45) is 11.3 Å². The van der Waals surface area contributed by atoms with Crippen LogP contribution in [-0.2, 0) is 9.84 Å². The predicted octanol–water partition coefficient (Wildman–Crippen LogP) is 2.61. The van der Waals surface area contributed by atoms with Crippen molar-refractivity contribution >= 4 is 9.84 Å². The lowest BCUT2D eigenvalue weighted by Gasteiger charge is -2.34. The van der Waals surface area contributed by atoms with Crippen molar-refractivity contribution in [1.29, 1.82) is 0 Å². The summed E-state index contributed by atoms with van der Waals surface area (Å²) in [5.74, 6) is 0.624. The van der Waals surface area contributed by atoms with Gasteiger partial charge in [-0.05, 0) is 30.6 Å². The summed E-state index contributed by atoms with van der Waals surface area (Å²) in [6.07, 6.45) is 5.13. The number of rotatable bonds is 5. The molecule has 0 radical (unpaired) electrons. The fraction of sp³-hybridized carbons (Fsp3) is 1.00. The van der Waals surface area contributed by atoms with Gasteiger partial charge in [-0.2, -0.15) is 0 Å². The lowest BCUT2D eigenvalue weighted by atomic mass is 9.80. The van der Waals surface area contributed by atoms with Gasteiger partial charge in [0.1, 0.15) is 9.84 Å². The van der Waals surface area contributed by atoms with Crippen molar-refractivity contribution < 1.29 is 8.42 Å². The van der Waals surface area contributed by atoms with Crippen LogP contribution in [0.3, 0.4) is 0 Å². The van der Waals surface area contributed by atoms with Gasteiger partial charge in [-0.15, -0.1) is 0 Å². The molecule has 2 atom stereocenters. The van der Waals surface area contributed by atoms with Crippen LogP contribution < -0.4 is 5.32 Å². The highest BCUT2D eigenvalue weighted by Crippen LogP contribution is 2.27. The topological polar surface area (TPSA) is 46.2 Å². The summed E-state index contributed by atoms with van der Waals surface area (Å²) < 4.78 is 23.2. The van der Waals surface area contributed by atoms with Gasteiger partial charge in [-0.1, -0.05) is 34.1 Å². The van der Waals surface area contributed by atoms with Crippen LogP contribution >= 0.6 is 0 Å². The second-order valence-corrected chi connectivity index (χ2v) is 9.16. The minimum atomic E-state index is -2.87. The molecule has 3 nitrogen and oxygen atoms in total. The number of hydrogen-bond donors (Lipinski definition) is 1. The third-order valence-corrected chi connectivity index (χ3v) is 6.28. The maximum Gasteiger partial charge on any atom is 0.150 e. The smallest absolute Gasteiger partial charge is 0.150 e. The Balaban J connectivity index is 2.49. The number of sulfone groups is 1. The third kappa shape index (κ3) is 4.54. The van der Waals surface area contributed by atoms with E-state index in [0.29, 0.717) is 12.0 Å². The van der Waals surface area contributed by atoms with Crippen molar-refractivity contribution in [3.63, 3.8) is 0 Å². The highest BCUT2D eigenvalue weighted by Gasteiger charge is 2.30. The van der Waals surface area contributed by atoms with E-state index in [4.69, 9.17) is 0 Å². The summed E-state index contributed by atoms with van der Waals surface area (Å²) in [5, 5.41) is 3.45. The van der Waals surface area contributed by atoms with E-state index < -0.39 is 9.84 Å². The Morgan fingerprint density at radius 2 is 1.89 bits per heavy atom. The van der Waals surface area contributed by atoms with Gasteiger partial charge >= 0.3 is 0 Å². The van der Waals surface area contributed by atoms with E-state index >= 15 is 0 Å². The van der Waals surface area contributed by atoms with Gasteiger partial charge in [0, 0.05) is 18.8 Å². The van der Waals surface area contributed by atoms with Crippen LogP contribution in [-0.4, -0.2) is 32.5 Å². The van der Waals surface area contributed by atoms with E-state index in [-0.39, 0.29) is 10.7 Å². The monoisotopic (exact) mass is 275 g/mol. The molecular formula is C14H29NO2S. The molecule has 0 aromatic carbocycles. The summed E-state index contributed by atoms with van der Waals surface area (Å²) in [7, 11) is -2.87. The van der Waals surface area contributed by atoms with Crippen LogP contribution in [0.4, 0.5) is 0 Å². The highest BCUT2D eigenvalue weighted by molar-refractivity contribution is 7.91. The van der Waals surface area contributed by atoms with Crippen LogP contribution in [0.15, 0.2) is 0 Å². The molecule has 0 amide bonds. The quantitative estimate of drug-likeness (QED) is 0.839. The van der Waals surface area contributed by atoms with Gasteiger partial charge in [0.25, 0.3) is 0 Å². The van der Waals surface area contributed by atoms with E-state index in [1.165, 1.54) is 6.26 Å². The predicted molar refractivity (Wildman–Crippen MR) is 77.5 cm³/mol. The van der Waals surface area contributed by atoms with E-state index in [9.17, 15) is 8.42 Å². The van der Waals surface area contributed by atoms with Crippen LogP contribution in [0.5, 0.6) is 0 Å². The minimum Gasteiger partial charge on any atom is -0.313 e. The molecule has 0 heterocycles. The second-order valence-electron chi connectivity index (χ2n) is 6.84. The van der Waals surface area contributed by atoms with E-state index in [2.05, 4.69) is 33.0 Å². The Labute approximate surface area is 113 Å². The van der Waals surface area contributed by atoms with E-state index in [1.807, 2.05) is 0 Å². The molecule has 1 aliphatic rings. The fourth-order valence-corrected chi connectivity index (χ4v) is 3.51. The summed E-state index contributed by atoms with van der Waals surface area (Å²) in [5.41, 5.74) is 0.262. The lowest BCUT2D eigenvalue weighted by molar-refractivity contribution is 0.217. The van der Waals surface area contributed by atoms with Gasteiger partial charge < -0.3 is 5.32 Å². The first-order chi connectivity index (χ1) is 8.13. The maximum absolute atomic E-state index is 11.6. The first kappa shape index (κ1) is 16.0. The average Bonchev–Trinajstić information content (AvgIpc) is 2.25. The van der Waals surface area contributed by atoms with Crippen molar-refractivity contribution in [3.05, 3.63) is 0 Å². The van der Waals surface area contributed by atoms with Crippen LogP contribution in [0.1, 0.15) is 53.4 Å². The largest absolute Gasteiger partial charge is 0.313 e. The Bertz CT molecular complexity index is 360. The zero-order valence-electron chi connectivity index (χ0n) is 12.5. The normalized spacial score (nSPS) is 26.6. The molecule has 2 unspecified atom stereocenters. The van der Waals surface area contributed by atoms with Gasteiger partial charge in [0.05, 0.1) is 5.25 Å². The Hall–Kier alpha value is -0.0900. The molecule has 1 N–H and O–H groups in total. The van der Waals surface area contributed by atoms with Crippen molar-refractivity contribution in [2.45, 2.75) is 64.7 Å². The molecule has 108 valence electrons. The summed E-state index contributed by atoms with van der Waals surface area (Å²) in [6.45, 7) is 9.97. The van der Waals surface area contributed by atoms with Gasteiger partial charge in [0.15, 0.2) is 0 Å². The second kappa shape index (κ2) is 5.91. The molecule has 1 aliphatic carbocycles. The first-order valence-corrected chi connectivity index (χ1v) is 9.00. The standard InChI is InChI=1S/C14H29NO2S/c1-11(2)14(3,4)10-15-12-7-6-8-13(9-12)18(5,16)17/h11-13,15H,6-10H2,1-5H3. The van der Waals surface area contributed by atoms with Gasteiger partial charge in [-0.3, -0.25) is 0 Å². The molecule has 4 heteroatoms. The molecule has 1 saturated carbocycles. The summed E-state index contributed by atoms with van der Waals surface area (Å²) >= 11 is 0. The van der Waals surface area contributed by atoms with E-state index in [1.54, 1.807) is 0 Å². The Morgan fingerprint density at radius 3 is 2.39 bits per heavy atom. The average molecular weight is 275 g/mol. The minimum absolute atomic E-state index is 0.133. The Morgan fingerprint density at radius 1 is 1.28 bits per heavy atom. The summed E-state index contributed by atoms with van der Waals surface area (Å²) in [4.78, 5) is 0. The van der Waals surface area contributed by atoms with Crippen molar-refractivity contribution in [2.75, 3.05) is 12.8 Å². The molecule has 0 bridgehead atoms. The molecule has 0 aromatic heterocycles. The van der Waals surface area contributed by atoms with Crippen LogP contribution in [0.2, 0.25) is 0 Å². The third-order valence-electron chi connectivity index (χ3n) is 4.64. The van der Waals surface area contributed by atoms with Gasteiger partial charge in [0.2, 0.25) is 0 Å². The number of nitrogens with one attached hydrogen (secondary N) is 1. The van der Waals surface area contributed by atoms with Gasteiger partial charge in [-0.25, -0.2) is 8.42 Å². The first-order valence-electron chi connectivity index (χ1n) is 7.05. The zero-order valence-corrected chi connectivity index (χ0v) is 13.3. The zero-order chi connectivity index (χ0) is 14.0. The number of hydrogen-bond acceptors (Lipinski definition) is 3. The highest BCUT2D eigenvalue weighted by atomic mass is 32.2. The lowest BCUT2D eigenvalue weighted by Crippen LogP contribution is -2.43. The molecule has 0 saturated heterocycles. The molecule has 1 rings (SSSR count). The van der Waals surface area contributed by atoms with Crippen molar-refractivity contribution in [3.8, 4) is 0 Å². The summed E-state index contributed by atoms with van der Waals surface area (Å²) in [6, 6.07) is 0.372. The van der Waals surface area contributed by atoms with E-state index in [0.717, 1.165) is 32.2 Å². The molecule has 0 aliphatic heterocycles. The molecule has 0 aromatic rings. The van der Waals surface area contributed by atoms with Crippen LogP contribution in [0, 0.1) is 11.3 Å². The van der Waals surface area contributed by atoms with Crippen LogP contribution in [0.25, 0.3) is 0 Å². The van der Waals surface area contributed by atoms with Crippen molar-refractivity contribution in [1.82, 2.24) is 5.32 Å². The Kier molecular flexibility index (Phi) is 5.24. The molecule has 1 fully saturated rings. The fourth-order valence-electron chi connectivity index (χ4n) is 2.33. The molecular weight excluding hydrogens is 246 g/mol. The maximum atomic E-state index is 11.6. The SMILES string of the molecule is CC(C)C(C)(C)CNC1CCCC(S(C)(=O)=O)C1. The molecule has 0 spiro atoms. The molecule has 18 heavy (non-hydrogen) atoms.